The molecule has 1 aliphatic rings. The molecule has 0 radical (unpaired) electrons. The second-order valence-electron chi connectivity index (χ2n) is 10.3. The van der Waals surface area contributed by atoms with Crippen LogP contribution in [0.3, 0.4) is 0 Å². The first-order chi connectivity index (χ1) is 18.7. The van der Waals surface area contributed by atoms with E-state index in [4.69, 9.17) is 4.74 Å². The van der Waals surface area contributed by atoms with Gasteiger partial charge in [0.25, 0.3) is 5.56 Å². The summed E-state index contributed by atoms with van der Waals surface area (Å²) >= 11 is 0. The summed E-state index contributed by atoms with van der Waals surface area (Å²) in [7, 11) is 1.70. The Kier molecular flexibility index (Phi) is 8.81. The number of amides is 2. The fourth-order valence-electron chi connectivity index (χ4n) is 4.86. The minimum atomic E-state index is -1.14. The lowest BCUT2D eigenvalue weighted by Crippen LogP contribution is -2.47. The maximum Gasteiger partial charge on any atom is 0.250 e. The molecule has 2 aromatic heterocycles. The van der Waals surface area contributed by atoms with Crippen molar-refractivity contribution in [1.29, 1.82) is 0 Å². The average Bonchev–Trinajstić information content (AvgIpc) is 2.99. The van der Waals surface area contributed by atoms with Crippen molar-refractivity contribution in [1.82, 2.24) is 14.5 Å². The molecule has 1 aromatic carbocycles. The predicted molar refractivity (Wildman–Crippen MR) is 152 cm³/mol. The van der Waals surface area contributed by atoms with Crippen molar-refractivity contribution in [2.24, 2.45) is 5.41 Å². The van der Waals surface area contributed by atoms with Crippen LogP contribution in [0.5, 0.6) is 5.75 Å². The van der Waals surface area contributed by atoms with Crippen LogP contribution >= 0.6 is 0 Å². The van der Waals surface area contributed by atoms with Crippen molar-refractivity contribution in [2.45, 2.75) is 40.3 Å². The third-order valence-electron chi connectivity index (χ3n) is 7.13. The van der Waals surface area contributed by atoms with Crippen molar-refractivity contribution in [2.75, 3.05) is 43.1 Å². The van der Waals surface area contributed by atoms with Crippen molar-refractivity contribution in [3.8, 4) is 5.75 Å². The first kappa shape index (κ1) is 28.0. The molecular formula is C30H37N5O4. The van der Waals surface area contributed by atoms with Gasteiger partial charge < -0.3 is 19.1 Å². The van der Waals surface area contributed by atoms with Crippen LogP contribution in [0.1, 0.15) is 32.8 Å². The molecule has 39 heavy (non-hydrogen) atoms. The van der Waals surface area contributed by atoms with Crippen molar-refractivity contribution >= 4 is 23.2 Å². The van der Waals surface area contributed by atoms with Crippen LogP contribution in [0.25, 0.3) is 0 Å². The van der Waals surface area contributed by atoms with Crippen molar-refractivity contribution in [3.05, 3.63) is 83.0 Å². The first-order valence-electron chi connectivity index (χ1n) is 13.4. The predicted octanol–water partition coefficient (Wildman–Crippen LogP) is 3.57. The van der Waals surface area contributed by atoms with Gasteiger partial charge in [-0.2, -0.15) is 0 Å². The maximum atomic E-state index is 13.1. The van der Waals surface area contributed by atoms with E-state index in [2.05, 4.69) is 9.88 Å². The first-order valence-corrected chi connectivity index (χ1v) is 13.4. The molecule has 0 N–H and O–H groups in total. The Bertz CT molecular complexity index is 1350. The number of anilines is 2. The van der Waals surface area contributed by atoms with E-state index >= 15 is 0 Å². The van der Waals surface area contributed by atoms with E-state index in [-0.39, 0.29) is 17.4 Å². The van der Waals surface area contributed by atoms with Gasteiger partial charge >= 0.3 is 0 Å². The van der Waals surface area contributed by atoms with Crippen LogP contribution in [0.2, 0.25) is 0 Å². The van der Waals surface area contributed by atoms with Gasteiger partial charge in [0.2, 0.25) is 11.8 Å². The molecule has 0 aliphatic carbocycles. The SMILES string of the molecule is CCN1C(=O)C(C)(C)C(=O)N(C)c2cc(OCCCN(CCn3ccccc3=O)Cc3ccncc3)ccc21. The van der Waals surface area contributed by atoms with Gasteiger partial charge in [-0.3, -0.25) is 24.3 Å². The molecule has 0 saturated carbocycles. The second-order valence-corrected chi connectivity index (χ2v) is 10.3. The quantitative estimate of drug-likeness (QED) is 0.278. The molecule has 4 rings (SSSR count). The summed E-state index contributed by atoms with van der Waals surface area (Å²) in [5, 5.41) is 0. The summed E-state index contributed by atoms with van der Waals surface area (Å²) < 4.78 is 7.81. The topological polar surface area (TPSA) is 88.0 Å². The van der Waals surface area contributed by atoms with Crippen LogP contribution in [0, 0.1) is 5.41 Å². The number of rotatable bonds is 11. The Morgan fingerprint density at radius 1 is 0.949 bits per heavy atom. The zero-order chi connectivity index (χ0) is 28.0. The molecule has 0 bridgehead atoms. The standard InChI is InChI=1S/C30H37N5O4/c1-5-35-25-11-10-24(21-26(25)32(4)28(37)30(2,3)29(35)38)39-20-8-16-33(22-23-12-14-31-15-13-23)18-19-34-17-7-6-9-27(34)36/h6-7,9-15,17,21H,5,8,16,18-20,22H2,1-4H3. The van der Waals surface area contributed by atoms with Crippen molar-refractivity contribution < 1.29 is 14.3 Å². The maximum absolute atomic E-state index is 13.1. The van der Waals surface area contributed by atoms with Crippen LogP contribution in [-0.2, 0) is 22.7 Å². The Labute approximate surface area is 229 Å². The molecule has 3 aromatic rings. The number of fused-ring (bicyclic) bond motifs is 1. The van der Waals surface area contributed by atoms with Crippen LogP contribution in [0.4, 0.5) is 11.4 Å². The lowest BCUT2D eigenvalue weighted by atomic mass is 9.90. The van der Waals surface area contributed by atoms with E-state index < -0.39 is 5.41 Å². The lowest BCUT2D eigenvalue weighted by Gasteiger charge is -2.27. The van der Waals surface area contributed by atoms with Crippen molar-refractivity contribution in [3.63, 3.8) is 0 Å². The lowest BCUT2D eigenvalue weighted by molar-refractivity contribution is -0.137. The Hall–Kier alpha value is -3.98. The summed E-state index contributed by atoms with van der Waals surface area (Å²) in [6.07, 6.45) is 6.15. The Morgan fingerprint density at radius 2 is 1.72 bits per heavy atom. The van der Waals surface area contributed by atoms with E-state index in [9.17, 15) is 14.4 Å². The number of hydrogen-bond acceptors (Lipinski definition) is 6. The molecule has 206 valence electrons. The number of nitrogens with zero attached hydrogens (tertiary/aromatic N) is 5. The van der Waals surface area contributed by atoms with Crippen LogP contribution < -0.4 is 20.1 Å². The molecule has 0 saturated heterocycles. The Balaban J connectivity index is 1.41. The average molecular weight is 532 g/mol. The summed E-state index contributed by atoms with van der Waals surface area (Å²) in [4.78, 5) is 47.9. The van der Waals surface area contributed by atoms with E-state index in [1.165, 1.54) is 0 Å². The number of carbonyl (C=O) groups excluding carboxylic acids is 2. The zero-order valence-electron chi connectivity index (χ0n) is 23.2. The normalized spacial score (nSPS) is 14.9. The van der Waals surface area contributed by atoms with Crippen LogP contribution in [-0.4, -0.2) is 59.6 Å². The molecular weight excluding hydrogens is 494 g/mol. The molecule has 2 amide bonds. The van der Waals surface area contributed by atoms with E-state index in [0.717, 1.165) is 25.1 Å². The molecule has 0 atom stereocenters. The van der Waals surface area contributed by atoms with Gasteiger partial charge in [-0.15, -0.1) is 0 Å². The Morgan fingerprint density at radius 3 is 2.44 bits per heavy atom. The van der Waals surface area contributed by atoms with Gasteiger partial charge in [0.1, 0.15) is 11.2 Å². The highest BCUT2D eigenvalue weighted by Crippen LogP contribution is 2.40. The van der Waals surface area contributed by atoms with Crippen LogP contribution in [0.15, 0.2) is 71.9 Å². The smallest absolute Gasteiger partial charge is 0.250 e. The third kappa shape index (κ3) is 6.37. The summed E-state index contributed by atoms with van der Waals surface area (Å²) in [5.41, 5.74) is 1.36. The summed E-state index contributed by atoms with van der Waals surface area (Å²) in [6.45, 7) is 9.04. The van der Waals surface area contributed by atoms with Gasteiger partial charge in [-0.1, -0.05) is 6.07 Å². The third-order valence-corrected chi connectivity index (χ3v) is 7.13. The van der Waals surface area contributed by atoms with Gasteiger partial charge in [0.05, 0.1) is 18.0 Å². The number of ether oxygens (including phenoxy) is 1. The minimum Gasteiger partial charge on any atom is -0.493 e. The molecule has 9 heteroatoms. The van der Waals surface area contributed by atoms with Gasteiger partial charge in [0.15, 0.2) is 0 Å². The minimum absolute atomic E-state index is 0.0110. The molecule has 9 nitrogen and oxygen atoms in total. The fraction of sp³-hybridized carbons (Fsp3) is 0.400. The fourth-order valence-corrected chi connectivity index (χ4v) is 4.86. The highest BCUT2D eigenvalue weighted by atomic mass is 16.5. The molecule has 3 heterocycles. The largest absolute Gasteiger partial charge is 0.493 e. The second kappa shape index (κ2) is 12.3. The molecule has 1 aliphatic heterocycles. The molecule has 0 unspecified atom stereocenters. The number of aromatic nitrogens is 2. The number of carbonyl (C=O) groups is 2. The summed E-state index contributed by atoms with van der Waals surface area (Å²) in [6, 6.07) is 14.7. The molecule has 0 fully saturated rings. The number of hydrogen-bond donors (Lipinski definition) is 0. The van der Waals surface area contributed by atoms with E-state index in [1.807, 2.05) is 49.5 Å². The highest BCUT2D eigenvalue weighted by molar-refractivity contribution is 6.20. The van der Waals surface area contributed by atoms with E-state index in [1.54, 1.807) is 59.8 Å². The van der Waals surface area contributed by atoms with Gasteiger partial charge in [0, 0.05) is 70.5 Å². The van der Waals surface area contributed by atoms with Gasteiger partial charge in [-0.25, -0.2) is 0 Å². The zero-order valence-corrected chi connectivity index (χ0v) is 23.2. The number of pyridine rings is 2. The monoisotopic (exact) mass is 531 g/mol. The van der Waals surface area contributed by atoms with Gasteiger partial charge in [-0.05, 0) is 63.1 Å². The van der Waals surface area contributed by atoms with E-state index in [0.29, 0.717) is 43.4 Å². The summed E-state index contributed by atoms with van der Waals surface area (Å²) in [5.74, 6) is 0.195. The number of benzene rings is 1. The molecule has 0 spiro atoms. The highest BCUT2D eigenvalue weighted by Gasteiger charge is 2.45.